The number of nitriles is 1. The zero-order valence-electron chi connectivity index (χ0n) is 12.6. The lowest BCUT2D eigenvalue weighted by molar-refractivity contribution is 0.261. The van der Waals surface area contributed by atoms with Crippen LogP contribution < -0.4 is 10.1 Å². The lowest BCUT2D eigenvalue weighted by Crippen LogP contribution is -2.16. The molecule has 19 heavy (non-hydrogen) atoms. The Bertz CT molecular complexity index is 460. The molecular weight excluding hydrogens is 236 g/mol. The van der Waals surface area contributed by atoms with Crippen LogP contribution in [0, 0.1) is 23.7 Å². The molecule has 1 N–H and O–H groups in total. The molecule has 1 aromatic carbocycles. The summed E-state index contributed by atoms with van der Waals surface area (Å²) in [5.74, 6) is 0.904. The van der Waals surface area contributed by atoms with Gasteiger partial charge in [0.05, 0.1) is 18.1 Å². The number of rotatable bonds is 6. The smallest absolute Gasteiger partial charge is 0.124 e. The Balaban J connectivity index is 2.76. The molecule has 0 saturated carbocycles. The van der Waals surface area contributed by atoms with Crippen molar-refractivity contribution in [2.45, 2.75) is 40.2 Å². The zero-order chi connectivity index (χ0) is 14.5. The summed E-state index contributed by atoms with van der Waals surface area (Å²) >= 11 is 0. The van der Waals surface area contributed by atoms with Gasteiger partial charge < -0.3 is 10.1 Å². The van der Waals surface area contributed by atoms with Gasteiger partial charge in [-0.05, 0) is 47.2 Å². The van der Waals surface area contributed by atoms with Gasteiger partial charge in [0.25, 0.3) is 0 Å². The second-order valence-electron chi connectivity index (χ2n) is 5.65. The van der Waals surface area contributed by atoms with E-state index in [0.717, 1.165) is 17.7 Å². The predicted molar refractivity (Wildman–Crippen MR) is 78.2 cm³/mol. The second kappa shape index (κ2) is 6.58. The molecule has 1 aromatic rings. The Hall–Kier alpha value is -1.53. The van der Waals surface area contributed by atoms with E-state index in [1.807, 2.05) is 27.0 Å². The molecule has 0 radical (unpaired) electrons. The number of nitrogens with zero attached hydrogens (tertiary/aromatic N) is 1. The second-order valence-corrected chi connectivity index (χ2v) is 5.65. The summed E-state index contributed by atoms with van der Waals surface area (Å²) in [4.78, 5) is 0. The number of ether oxygens (including phenoxy) is 1. The van der Waals surface area contributed by atoms with Crippen LogP contribution in [0.15, 0.2) is 18.2 Å². The van der Waals surface area contributed by atoms with Crippen LogP contribution in [0.25, 0.3) is 0 Å². The van der Waals surface area contributed by atoms with Gasteiger partial charge in [-0.15, -0.1) is 0 Å². The molecular formula is C16H24N2O. The molecule has 0 aliphatic carbocycles. The number of hydrogen-bond donors (Lipinski definition) is 1. The van der Waals surface area contributed by atoms with E-state index in [-0.39, 0.29) is 11.5 Å². The van der Waals surface area contributed by atoms with Crippen LogP contribution >= 0.6 is 0 Å². The molecule has 0 saturated heterocycles. The molecule has 1 rings (SSSR count). The zero-order valence-corrected chi connectivity index (χ0v) is 12.6. The normalized spacial score (nSPS) is 12.8. The Labute approximate surface area is 116 Å². The quantitative estimate of drug-likeness (QED) is 0.850. The minimum Gasteiger partial charge on any atom is -0.493 e. The number of nitrogens with one attached hydrogen (secondary N) is 1. The Kier molecular flexibility index (Phi) is 5.38. The highest BCUT2D eigenvalue weighted by atomic mass is 16.5. The maximum atomic E-state index is 8.99. The highest BCUT2D eigenvalue weighted by Crippen LogP contribution is 2.27. The molecule has 3 nitrogen and oxygen atoms in total. The minimum absolute atomic E-state index is 0.249. The molecule has 0 amide bonds. The van der Waals surface area contributed by atoms with Crippen LogP contribution in [0.2, 0.25) is 0 Å². The van der Waals surface area contributed by atoms with Crippen molar-refractivity contribution in [3.63, 3.8) is 0 Å². The van der Waals surface area contributed by atoms with E-state index in [1.165, 1.54) is 5.56 Å². The number of hydrogen-bond acceptors (Lipinski definition) is 3. The monoisotopic (exact) mass is 260 g/mol. The van der Waals surface area contributed by atoms with E-state index in [4.69, 9.17) is 10.00 Å². The van der Waals surface area contributed by atoms with Crippen molar-refractivity contribution >= 4 is 0 Å². The summed E-state index contributed by atoms with van der Waals surface area (Å²) in [5.41, 5.74) is 2.05. The third kappa shape index (κ3) is 4.57. The standard InChI is InChI=1S/C16H24N2O/c1-12-6-7-15(14(10-12)13(2)18-5)19-9-8-16(3,4)11-17/h6-7,10,13,18H,8-9H2,1-5H3. The molecule has 0 aromatic heterocycles. The highest BCUT2D eigenvalue weighted by molar-refractivity contribution is 5.38. The summed E-state index contributed by atoms with van der Waals surface area (Å²) in [6, 6.07) is 8.75. The Morgan fingerprint density at radius 3 is 2.68 bits per heavy atom. The van der Waals surface area contributed by atoms with Gasteiger partial charge in [0.2, 0.25) is 0 Å². The first-order valence-electron chi connectivity index (χ1n) is 6.71. The number of benzene rings is 1. The summed E-state index contributed by atoms with van der Waals surface area (Å²) in [5, 5.41) is 12.2. The van der Waals surface area contributed by atoms with Gasteiger partial charge in [-0.25, -0.2) is 0 Å². The molecule has 1 unspecified atom stereocenters. The Morgan fingerprint density at radius 1 is 1.42 bits per heavy atom. The van der Waals surface area contributed by atoms with Gasteiger partial charge in [-0.2, -0.15) is 5.26 Å². The molecule has 0 spiro atoms. The fraction of sp³-hybridized carbons (Fsp3) is 0.562. The third-order valence-electron chi connectivity index (χ3n) is 3.35. The highest BCUT2D eigenvalue weighted by Gasteiger charge is 2.17. The van der Waals surface area contributed by atoms with E-state index < -0.39 is 0 Å². The average molecular weight is 260 g/mol. The molecule has 0 aliphatic heterocycles. The van der Waals surface area contributed by atoms with Crippen molar-refractivity contribution < 1.29 is 4.74 Å². The molecule has 104 valence electrons. The van der Waals surface area contributed by atoms with Crippen molar-refractivity contribution in [1.82, 2.24) is 5.32 Å². The van der Waals surface area contributed by atoms with Gasteiger partial charge in [0.1, 0.15) is 5.75 Å². The SMILES string of the molecule is CNC(C)c1cc(C)ccc1OCCC(C)(C)C#N. The molecule has 1 atom stereocenters. The van der Waals surface area contributed by atoms with E-state index in [0.29, 0.717) is 6.61 Å². The van der Waals surface area contributed by atoms with Crippen molar-refractivity contribution in [2.75, 3.05) is 13.7 Å². The van der Waals surface area contributed by atoms with Crippen molar-refractivity contribution in [3.05, 3.63) is 29.3 Å². The molecule has 0 fully saturated rings. The van der Waals surface area contributed by atoms with Crippen LogP contribution in [0.5, 0.6) is 5.75 Å². The topological polar surface area (TPSA) is 45.0 Å². The van der Waals surface area contributed by atoms with Crippen LogP contribution in [0.4, 0.5) is 0 Å². The molecule has 3 heteroatoms. The maximum Gasteiger partial charge on any atom is 0.124 e. The average Bonchev–Trinajstić information content (AvgIpc) is 2.39. The first kappa shape index (κ1) is 15.5. The van der Waals surface area contributed by atoms with Gasteiger partial charge in [-0.1, -0.05) is 17.7 Å². The minimum atomic E-state index is -0.334. The van der Waals surface area contributed by atoms with Crippen molar-refractivity contribution in [1.29, 1.82) is 5.26 Å². The fourth-order valence-corrected chi connectivity index (χ4v) is 1.77. The van der Waals surface area contributed by atoms with Crippen LogP contribution in [0.1, 0.15) is 44.4 Å². The van der Waals surface area contributed by atoms with Crippen LogP contribution in [-0.4, -0.2) is 13.7 Å². The first-order valence-corrected chi connectivity index (χ1v) is 6.71. The summed E-state index contributed by atoms with van der Waals surface area (Å²) < 4.78 is 5.86. The van der Waals surface area contributed by atoms with E-state index in [1.54, 1.807) is 0 Å². The largest absolute Gasteiger partial charge is 0.493 e. The van der Waals surface area contributed by atoms with Crippen molar-refractivity contribution in [2.24, 2.45) is 5.41 Å². The molecule has 0 aliphatic rings. The predicted octanol–water partition coefficient (Wildman–Crippen LogP) is 3.59. The van der Waals surface area contributed by atoms with E-state index in [2.05, 4.69) is 37.4 Å². The van der Waals surface area contributed by atoms with E-state index >= 15 is 0 Å². The summed E-state index contributed by atoms with van der Waals surface area (Å²) in [6.45, 7) is 8.62. The van der Waals surface area contributed by atoms with Crippen molar-refractivity contribution in [3.8, 4) is 11.8 Å². The Morgan fingerprint density at radius 2 is 2.11 bits per heavy atom. The van der Waals surface area contributed by atoms with Crippen LogP contribution in [0.3, 0.4) is 0 Å². The van der Waals surface area contributed by atoms with Gasteiger partial charge in [0, 0.05) is 11.6 Å². The van der Waals surface area contributed by atoms with Gasteiger partial charge in [-0.3, -0.25) is 0 Å². The fourth-order valence-electron chi connectivity index (χ4n) is 1.77. The van der Waals surface area contributed by atoms with E-state index in [9.17, 15) is 0 Å². The maximum absolute atomic E-state index is 8.99. The summed E-state index contributed by atoms with van der Waals surface area (Å²) in [6.07, 6.45) is 0.727. The lowest BCUT2D eigenvalue weighted by atomic mass is 9.92. The molecule has 0 heterocycles. The lowest BCUT2D eigenvalue weighted by Gasteiger charge is -2.19. The third-order valence-corrected chi connectivity index (χ3v) is 3.35. The number of aryl methyl sites for hydroxylation is 1. The van der Waals surface area contributed by atoms with Crippen LogP contribution in [-0.2, 0) is 0 Å². The first-order chi connectivity index (χ1) is 8.89. The van der Waals surface area contributed by atoms with Gasteiger partial charge >= 0.3 is 0 Å². The van der Waals surface area contributed by atoms with Gasteiger partial charge in [0.15, 0.2) is 0 Å². The summed E-state index contributed by atoms with van der Waals surface area (Å²) in [7, 11) is 1.94. The molecule has 0 bridgehead atoms.